The minimum absolute atomic E-state index is 0.0344. The first-order valence-electron chi connectivity index (χ1n) is 6.75. The minimum Gasteiger partial charge on any atom is -0.323 e. The number of nitrogens with zero attached hydrogens (tertiary/aromatic N) is 2. The van der Waals surface area contributed by atoms with Gasteiger partial charge in [-0.05, 0) is 41.9 Å². The van der Waals surface area contributed by atoms with Crippen molar-refractivity contribution in [2.75, 3.05) is 5.32 Å². The van der Waals surface area contributed by atoms with Gasteiger partial charge >= 0.3 is 0 Å². The summed E-state index contributed by atoms with van der Waals surface area (Å²) < 4.78 is 29.0. The molecule has 0 saturated heterocycles. The monoisotopic (exact) mass is 371 g/mol. The lowest BCUT2D eigenvalue weighted by Crippen LogP contribution is -2.25. The highest BCUT2D eigenvalue weighted by Crippen LogP contribution is 2.21. The van der Waals surface area contributed by atoms with Crippen LogP contribution in [0.15, 0.2) is 22.7 Å². The van der Waals surface area contributed by atoms with E-state index in [1.54, 1.807) is 11.6 Å². The van der Waals surface area contributed by atoms with Gasteiger partial charge in [-0.1, -0.05) is 6.92 Å². The van der Waals surface area contributed by atoms with E-state index in [9.17, 15) is 13.6 Å². The summed E-state index contributed by atoms with van der Waals surface area (Å²) in [6, 6.07) is 3.04. The fraction of sp³-hybridized carbons (Fsp3) is 0.333. The molecule has 1 aromatic carbocycles. The van der Waals surface area contributed by atoms with Gasteiger partial charge in [0.1, 0.15) is 11.6 Å². The smallest absolute Gasteiger partial charge is 0.229 e. The molecule has 118 valence electrons. The van der Waals surface area contributed by atoms with Gasteiger partial charge in [-0.2, -0.15) is 5.10 Å². The van der Waals surface area contributed by atoms with Crippen LogP contribution in [0.25, 0.3) is 0 Å². The molecule has 2 aromatic rings. The molecule has 0 saturated carbocycles. The molecule has 0 fully saturated rings. The summed E-state index contributed by atoms with van der Waals surface area (Å²) in [5.41, 5.74) is 1.73. The lowest BCUT2D eigenvalue weighted by molar-refractivity contribution is -0.119. The SMILES string of the molecule is Cc1nn(C[C@H](C)C(=O)Nc2ccc(F)cc2F)c(C)c1Br. The van der Waals surface area contributed by atoms with Crippen molar-refractivity contribution in [2.45, 2.75) is 27.3 Å². The maximum Gasteiger partial charge on any atom is 0.229 e. The summed E-state index contributed by atoms with van der Waals surface area (Å²) in [6.45, 7) is 5.86. The van der Waals surface area contributed by atoms with Crippen molar-refractivity contribution in [3.05, 3.63) is 45.7 Å². The second-order valence-electron chi connectivity index (χ2n) is 5.18. The number of aryl methyl sites for hydroxylation is 1. The average molecular weight is 372 g/mol. The second kappa shape index (κ2) is 6.56. The molecule has 1 amide bonds. The Kier molecular flexibility index (Phi) is 4.95. The molecule has 22 heavy (non-hydrogen) atoms. The zero-order chi connectivity index (χ0) is 16.4. The standard InChI is InChI=1S/C15H16BrF2N3O/c1-8(7-21-10(3)14(16)9(2)20-21)15(22)19-13-5-4-11(17)6-12(13)18/h4-6,8H,7H2,1-3H3,(H,19,22)/t8-/m0/s1. The van der Waals surface area contributed by atoms with Crippen molar-refractivity contribution < 1.29 is 13.6 Å². The molecule has 1 atom stereocenters. The van der Waals surface area contributed by atoms with Crippen LogP contribution in [-0.2, 0) is 11.3 Å². The van der Waals surface area contributed by atoms with E-state index in [4.69, 9.17) is 0 Å². The van der Waals surface area contributed by atoms with Crippen molar-refractivity contribution in [2.24, 2.45) is 5.92 Å². The van der Waals surface area contributed by atoms with E-state index in [1.165, 1.54) is 6.07 Å². The van der Waals surface area contributed by atoms with Gasteiger partial charge in [0, 0.05) is 11.8 Å². The number of amides is 1. The van der Waals surface area contributed by atoms with E-state index < -0.39 is 17.6 Å². The fourth-order valence-electron chi connectivity index (χ4n) is 2.04. The van der Waals surface area contributed by atoms with E-state index in [1.807, 2.05) is 13.8 Å². The second-order valence-corrected chi connectivity index (χ2v) is 5.97. The Balaban J connectivity index is 2.07. The number of carbonyl (C=O) groups excluding carboxylic acids is 1. The van der Waals surface area contributed by atoms with E-state index in [2.05, 4.69) is 26.3 Å². The normalized spacial score (nSPS) is 12.3. The van der Waals surface area contributed by atoms with Crippen molar-refractivity contribution in [3.63, 3.8) is 0 Å². The zero-order valence-corrected chi connectivity index (χ0v) is 14.0. The molecule has 0 radical (unpaired) electrons. The average Bonchev–Trinajstić information content (AvgIpc) is 2.69. The van der Waals surface area contributed by atoms with Crippen molar-refractivity contribution in [3.8, 4) is 0 Å². The molecule has 7 heteroatoms. The van der Waals surface area contributed by atoms with E-state index in [0.29, 0.717) is 6.54 Å². The molecular weight excluding hydrogens is 356 g/mol. The van der Waals surface area contributed by atoms with Gasteiger partial charge in [0.05, 0.1) is 28.3 Å². The predicted molar refractivity (Wildman–Crippen MR) is 83.6 cm³/mol. The molecule has 1 heterocycles. The van der Waals surface area contributed by atoms with E-state index >= 15 is 0 Å². The molecule has 0 aliphatic carbocycles. The molecule has 1 aromatic heterocycles. The first-order chi connectivity index (χ1) is 10.3. The number of aromatic nitrogens is 2. The number of hydrogen-bond donors (Lipinski definition) is 1. The minimum atomic E-state index is -0.797. The third kappa shape index (κ3) is 3.52. The summed E-state index contributed by atoms with van der Waals surface area (Å²) in [7, 11) is 0. The number of hydrogen-bond acceptors (Lipinski definition) is 2. The molecule has 0 spiro atoms. The summed E-state index contributed by atoms with van der Waals surface area (Å²) in [5.74, 6) is -2.26. The number of nitrogens with one attached hydrogen (secondary N) is 1. The third-order valence-electron chi connectivity index (χ3n) is 3.38. The lowest BCUT2D eigenvalue weighted by Gasteiger charge is -2.14. The maximum absolute atomic E-state index is 13.5. The molecule has 4 nitrogen and oxygen atoms in total. The van der Waals surface area contributed by atoms with Gasteiger partial charge in [0.25, 0.3) is 0 Å². The van der Waals surface area contributed by atoms with Crippen LogP contribution in [0.5, 0.6) is 0 Å². The molecule has 0 aliphatic rings. The Morgan fingerprint density at radius 1 is 1.41 bits per heavy atom. The predicted octanol–water partition coefficient (Wildman–Crippen LogP) is 3.82. The highest BCUT2D eigenvalue weighted by atomic mass is 79.9. The summed E-state index contributed by atoms with van der Waals surface area (Å²) in [6.07, 6.45) is 0. The van der Waals surface area contributed by atoms with Gasteiger partial charge in [-0.3, -0.25) is 9.48 Å². The van der Waals surface area contributed by atoms with Crippen LogP contribution >= 0.6 is 15.9 Å². The Bertz CT molecular complexity index is 715. The highest BCUT2D eigenvalue weighted by Gasteiger charge is 2.18. The molecule has 2 rings (SSSR count). The molecule has 0 aliphatic heterocycles. The summed E-state index contributed by atoms with van der Waals surface area (Å²) in [5, 5.41) is 6.80. The molecule has 0 unspecified atom stereocenters. The van der Waals surface area contributed by atoms with Crippen LogP contribution in [0.2, 0.25) is 0 Å². The van der Waals surface area contributed by atoms with Gasteiger partial charge < -0.3 is 5.32 Å². The zero-order valence-electron chi connectivity index (χ0n) is 12.5. The first-order valence-corrected chi connectivity index (χ1v) is 7.54. The summed E-state index contributed by atoms with van der Waals surface area (Å²) >= 11 is 3.43. The Morgan fingerprint density at radius 3 is 2.64 bits per heavy atom. The van der Waals surface area contributed by atoms with Crippen LogP contribution in [0.3, 0.4) is 0 Å². The largest absolute Gasteiger partial charge is 0.323 e. The van der Waals surface area contributed by atoms with Gasteiger partial charge in [0.2, 0.25) is 5.91 Å². The van der Waals surface area contributed by atoms with Crippen LogP contribution in [-0.4, -0.2) is 15.7 Å². The maximum atomic E-state index is 13.5. The third-order valence-corrected chi connectivity index (χ3v) is 4.52. The van der Waals surface area contributed by atoms with Crippen molar-refractivity contribution in [1.82, 2.24) is 9.78 Å². The van der Waals surface area contributed by atoms with Crippen molar-refractivity contribution in [1.29, 1.82) is 0 Å². The van der Waals surface area contributed by atoms with Crippen molar-refractivity contribution >= 4 is 27.5 Å². The topological polar surface area (TPSA) is 46.9 Å². The van der Waals surface area contributed by atoms with Gasteiger partial charge in [0.15, 0.2) is 0 Å². The molecular formula is C15H16BrF2N3O. The van der Waals surface area contributed by atoms with Crippen LogP contribution < -0.4 is 5.32 Å². The lowest BCUT2D eigenvalue weighted by atomic mass is 10.1. The van der Waals surface area contributed by atoms with Gasteiger partial charge in [-0.15, -0.1) is 0 Å². The Morgan fingerprint density at radius 2 is 2.09 bits per heavy atom. The van der Waals surface area contributed by atoms with Crippen LogP contribution in [0.1, 0.15) is 18.3 Å². The first kappa shape index (κ1) is 16.6. The number of benzene rings is 1. The van der Waals surface area contributed by atoms with Crippen LogP contribution in [0.4, 0.5) is 14.5 Å². The quantitative estimate of drug-likeness (QED) is 0.887. The van der Waals surface area contributed by atoms with Crippen LogP contribution in [0, 0.1) is 31.4 Å². The molecule has 1 N–H and O–H groups in total. The van der Waals surface area contributed by atoms with E-state index in [-0.39, 0.29) is 11.6 Å². The number of anilines is 1. The number of halogens is 3. The Labute approximate surface area is 135 Å². The number of rotatable bonds is 4. The summed E-state index contributed by atoms with van der Waals surface area (Å²) in [4.78, 5) is 12.1. The fourth-order valence-corrected chi connectivity index (χ4v) is 2.33. The Hall–Kier alpha value is -1.76. The highest BCUT2D eigenvalue weighted by molar-refractivity contribution is 9.10. The molecule has 0 bridgehead atoms. The van der Waals surface area contributed by atoms with E-state index in [0.717, 1.165) is 28.0 Å². The number of carbonyl (C=O) groups is 1. The van der Waals surface area contributed by atoms with Gasteiger partial charge in [-0.25, -0.2) is 8.78 Å².